The predicted molar refractivity (Wildman–Crippen MR) is 84.0 cm³/mol. The first-order valence-corrected chi connectivity index (χ1v) is 7.85. The van der Waals surface area contributed by atoms with Gasteiger partial charge in [-0.05, 0) is 24.8 Å². The molecule has 4 heteroatoms. The van der Waals surface area contributed by atoms with Crippen LogP contribution in [0.2, 0.25) is 0 Å². The normalized spacial score (nSPS) is 22.0. The van der Waals surface area contributed by atoms with E-state index in [9.17, 15) is 4.79 Å². The van der Waals surface area contributed by atoms with Crippen molar-refractivity contribution in [1.29, 1.82) is 0 Å². The minimum Gasteiger partial charge on any atom is -0.385 e. The maximum Gasteiger partial charge on any atom is 0.241 e. The van der Waals surface area contributed by atoms with Gasteiger partial charge in [0.2, 0.25) is 5.91 Å². The van der Waals surface area contributed by atoms with Crippen LogP contribution < -0.4 is 5.32 Å². The molecule has 0 spiro atoms. The summed E-state index contributed by atoms with van der Waals surface area (Å²) in [5, 5.41) is 3.50. The number of nitrogens with zero attached hydrogens (tertiary/aromatic N) is 1. The first-order chi connectivity index (χ1) is 10.3. The maximum atomic E-state index is 12.6. The Morgan fingerprint density at radius 1 is 1.29 bits per heavy atom. The fourth-order valence-electron chi connectivity index (χ4n) is 2.90. The average molecular weight is 290 g/mol. The lowest BCUT2D eigenvalue weighted by Gasteiger charge is -2.23. The Morgan fingerprint density at radius 3 is 2.71 bits per heavy atom. The van der Waals surface area contributed by atoms with E-state index in [0.717, 1.165) is 32.2 Å². The minimum atomic E-state index is -0.0912. The number of amides is 1. The van der Waals surface area contributed by atoms with Gasteiger partial charge in [0.25, 0.3) is 0 Å². The summed E-state index contributed by atoms with van der Waals surface area (Å²) in [7, 11) is 1.70. The molecule has 2 atom stereocenters. The fourth-order valence-corrected chi connectivity index (χ4v) is 2.90. The lowest BCUT2D eigenvalue weighted by molar-refractivity contribution is -0.130. The number of carbonyl (C=O) groups is 1. The third kappa shape index (κ3) is 4.29. The number of nitrogens with one attached hydrogen (secondary N) is 1. The number of carbonyl (C=O) groups excluding carboxylic acids is 1. The lowest BCUT2D eigenvalue weighted by atomic mass is 10.1. The molecule has 2 unspecified atom stereocenters. The summed E-state index contributed by atoms with van der Waals surface area (Å²) in [4.78, 5) is 14.6. The van der Waals surface area contributed by atoms with E-state index in [1.54, 1.807) is 7.11 Å². The molecule has 0 aromatic heterocycles. The van der Waals surface area contributed by atoms with E-state index >= 15 is 0 Å². The van der Waals surface area contributed by atoms with Gasteiger partial charge < -0.3 is 9.64 Å². The van der Waals surface area contributed by atoms with Gasteiger partial charge in [-0.1, -0.05) is 43.7 Å². The van der Waals surface area contributed by atoms with Gasteiger partial charge in [0.1, 0.15) is 0 Å². The standard InChI is InChI=1S/C17H26N2O2/c1-3-8-16-18-15(13-14-9-5-4-6-10-14)17(20)19(16)11-7-12-21-2/h4-6,9-10,15-16,18H,3,7-8,11-13H2,1-2H3. The highest BCUT2D eigenvalue weighted by Gasteiger charge is 2.37. The molecule has 1 aromatic rings. The minimum absolute atomic E-state index is 0.0912. The van der Waals surface area contributed by atoms with Gasteiger partial charge in [0.05, 0.1) is 12.2 Å². The highest BCUT2D eigenvalue weighted by atomic mass is 16.5. The summed E-state index contributed by atoms with van der Waals surface area (Å²) in [5.74, 6) is 0.230. The zero-order valence-corrected chi connectivity index (χ0v) is 13.0. The van der Waals surface area contributed by atoms with E-state index in [4.69, 9.17) is 4.74 Å². The molecular formula is C17H26N2O2. The van der Waals surface area contributed by atoms with E-state index in [-0.39, 0.29) is 18.1 Å². The molecule has 1 aliphatic rings. The fraction of sp³-hybridized carbons (Fsp3) is 0.588. The highest BCUT2D eigenvalue weighted by molar-refractivity contribution is 5.84. The van der Waals surface area contributed by atoms with Gasteiger partial charge >= 0.3 is 0 Å². The summed E-state index contributed by atoms with van der Waals surface area (Å²) in [6.07, 6.45) is 3.91. The molecule has 0 aliphatic carbocycles. The van der Waals surface area contributed by atoms with Crippen LogP contribution >= 0.6 is 0 Å². The molecule has 116 valence electrons. The summed E-state index contributed by atoms with van der Waals surface area (Å²) < 4.78 is 5.10. The van der Waals surface area contributed by atoms with Crippen LogP contribution in [0.4, 0.5) is 0 Å². The summed E-state index contributed by atoms with van der Waals surface area (Å²) >= 11 is 0. The first kappa shape index (κ1) is 16.0. The molecular weight excluding hydrogens is 264 g/mol. The summed E-state index contributed by atoms with van der Waals surface area (Å²) in [6, 6.07) is 10.1. The summed E-state index contributed by atoms with van der Waals surface area (Å²) in [5.41, 5.74) is 1.21. The zero-order chi connectivity index (χ0) is 15.1. The molecule has 0 radical (unpaired) electrons. The van der Waals surface area contributed by atoms with E-state index in [1.807, 2.05) is 23.1 Å². The number of rotatable bonds is 8. The van der Waals surface area contributed by atoms with Crippen molar-refractivity contribution in [2.75, 3.05) is 20.3 Å². The largest absolute Gasteiger partial charge is 0.385 e. The van der Waals surface area contributed by atoms with E-state index in [2.05, 4.69) is 24.4 Å². The van der Waals surface area contributed by atoms with Crippen LogP contribution in [0.1, 0.15) is 31.7 Å². The lowest BCUT2D eigenvalue weighted by Crippen LogP contribution is -2.38. The monoisotopic (exact) mass is 290 g/mol. The van der Waals surface area contributed by atoms with Crippen LogP contribution in [-0.4, -0.2) is 43.3 Å². The molecule has 2 rings (SSSR count). The Kier molecular flexibility index (Phi) is 6.21. The molecule has 1 aliphatic heterocycles. The first-order valence-electron chi connectivity index (χ1n) is 7.85. The van der Waals surface area contributed by atoms with Crippen molar-refractivity contribution in [1.82, 2.24) is 10.2 Å². The Morgan fingerprint density at radius 2 is 2.05 bits per heavy atom. The molecule has 0 bridgehead atoms. The van der Waals surface area contributed by atoms with Crippen molar-refractivity contribution >= 4 is 5.91 Å². The molecule has 21 heavy (non-hydrogen) atoms. The van der Waals surface area contributed by atoms with E-state index < -0.39 is 0 Å². The average Bonchev–Trinajstić information content (AvgIpc) is 2.78. The molecule has 1 saturated heterocycles. The van der Waals surface area contributed by atoms with Crippen molar-refractivity contribution in [3.63, 3.8) is 0 Å². The second-order valence-electron chi connectivity index (χ2n) is 5.59. The molecule has 0 saturated carbocycles. The van der Waals surface area contributed by atoms with Crippen molar-refractivity contribution in [3.8, 4) is 0 Å². The number of benzene rings is 1. The van der Waals surface area contributed by atoms with Gasteiger partial charge in [-0.15, -0.1) is 0 Å². The van der Waals surface area contributed by atoms with Crippen molar-refractivity contribution < 1.29 is 9.53 Å². The Hall–Kier alpha value is -1.39. The van der Waals surface area contributed by atoms with Crippen LogP contribution in [0, 0.1) is 0 Å². The van der Waals surface area contributed by atoms with Gasteiger partial charge in [-0.3, -0.25) is 10.1 Å². The number of hydrogen-bond donors (Lipinski definition) is 1. The number of ether oxygens (including phenoxy) is 1. The third-order valence-corrected chi connectivity index (χ3v) is 3.94. The van der Waals surface area contributed by atoms with Crippen LogP contribution in [-0.2, 0) is 16.0 Å². The smallest absolute Gasteiger partial charge is 0.241 e. The molecule has 4 nitrogen and oxygen atoms in total. The third-order valence-electron chi connectivity index (χ3n) is 3.94. The second kappa shape index (κ2) is 8.15. The zero-order valence-electron chi connectivity index (χ0n) is 13.0. The molecule has 1 aromatic carbocycles. The van der Waals surface area contributed by atoms with Gasteiger partial charge in [-0.25, -0.2) is 0 Å². The quantitative estimate of drug-likeness (QED) is 0.746. The van der Waals surface area contributed by atoms with Crippen LogP contribution in [0.5, 0.6) is 0 Å². The SMILES string of the molecule is CCCC1NC(Cc2ccccc2)C(=O)N1CCCOC. The predicted octanol–water partition coefficient (Wildman–Crippen LogP) is 2.19. The maximum absolute atomic E-state index is 12.6. The highest BCUT2D eigenvalue weighted by Crippen LogP contribution is 2.18. The van der Waals surface area contributed by atoms with Gasteiger partial charge in [-0.2, -0.15) is 0 Å². The Balaban J connectivity index is 1.98. The summed E-state index contributed by atoms with van der Waals surface area (Å²) in [6.45, 7) is 3.63. The van der Waals surface area contributed by atoms with Crippen molar-refractivity contribution in [2.24, 2.45) is 0 Å². The van der Waals surface area contributed by atoms with Crippen LogP contribution in [0.25, 0.3) is 0 Å². The van der Waals surface area contributed by atoms with Gasteiger partial charge in [0.15, 0.2) is 0 Å². The molecule has 1 amide bonds. The van der Waals surface area contributed by atoms with Crippen molar-refractivity contribution in [3.05, 3.63) is 35.9 Å². The molecule has 1 heterocycles. The van der Waals surface area contributed by atoms with E-state index in [0.29, 0.717) is 6.61 Å². The number of methoxy groups -OCH3 is 1. The van der Waals surface area contributed by atoms with Crippen molar-refractivity contribution in [2.45, 2.75) is 44.8 Å². The second-order valence-corrected chi connectivity index (χ2v) is 5.59. The Labute approximate surface area is 127 Å². The number of hydrogen-bond acceptors (Lipinski definition) is 3. The van der Waals surface area contributed by atoms with Crippen LogP contribution in [0.15, 0.2) is 30.3 Å². The Bertz CT molecular complexity index is 436. The van der Waals surface area contributed by atoms with Gasteiger partial charge in [0, 0.05) is 20.3 Å². The molecule has 1 fully saturated rings. The van der Waals surface area contributed by atoms with Crippen LogP contribution in [0.3, 0.4) is 0 Å². The molecule has 1 N–H and O–H groups in total. The topological polar surface area (TPSA) is 41.6 Å². The van der Waals surface area contributed by atoms with E-state index in [1.165, 1.54) is 5.56 Å².